The molecule has 0 fully saturated rings. The van der Waals surface area contributed by atoms with Crippen molar-refractivity contribution in [2.75, 3.05) is 5.33 Å². The molecule has 27 heavy (non-hydrogen) atoms. The first kappa shape index (κ1) is 19.9. The minimum absolute atomic E-state index is 0.122. The highest BCUT2D eigenvalue weighted by Crippen LogP contribution is 2.31. The van der Waals surface area contributed by atoms with E-state index in [1.807, 2.05) is 6.92 Å². The van der Waals surface area contributed by atoms with Crippen LogP contribution < -0.4 is 0 Å². The molecule has 4 nitrogen and oxygen atoms in total. The van der Waals surface area contributed by atoms with E-state index in [4.69, 9.17) is 0 Å². The molecule has 1 aliphatic heterocycles. The number of benzene rings is 2. The highest BCUT2D eigenvalue weighted by Gasteiger charge is 2.36. The van der Waals surface area contributed by atoms with E-state index in [1.54, 1.807) is 12.1 Å². The van der Waals surface area contributed by atoms with E-state index in [0.717, 1.165) is 22.1 Å². The number of aryl methyl sites for hydroxylation is 1. The van der Waals surface area contributed by atoms with Gasteiger partial charge in [0.15, 0.2) is 0 Å². The Labute approximate surface area is 163 Å². The summed E-state index contributed by atoms with van der Waals surface area (Å²) in [5.74, 6) is 0. The van der Waals surface area contributed by atoms with Crippen LogP contribution in [0.4, 0.5) is 13.2 Å². The van der Waals surface area contributed by atoms with E-state index in [9.17, 15) is 21.6 Å². The van der Waals surface area contributed by atoms with E-state index >= 15 is 0 Å². The van der Waals surface area contributed by atoms with Crippen molar-refractivity contribution in [3.63, 3.8) is 0 Å². The molecule has 0 saturated heterocycles. The molecule has 144 valence electrons. The van der Waals surface area contributed by atoms with Crippen LogP contribution in [0.25, 0.3) is 0 Å². The maximum atomic E-state index is 12.9. The van der Waals surface area contributed by atoms with Gasteiger partial charge >= 0.3 is 6.18 Å². The van der Waals surface area contributed by atoms with Gasteiger partial charge in [-0.3, -0.25) is 0 Å². The zero-order chi connectivity index (χ0) is 19.8. The second kappa shape index (κ2) is 7.27. The fraction of sp³-hybridized carbons (Fsp3) is 0.278. The molecular formula is C18H16BrF3N2O2S. The molecule has 0 N–H and O–H groups in total. The summed E-state index contributed by atoms with van der Waals surface area (Å²) in [6.45, 7) is 1.86. The lowest BCUT2D eigenvalue weighted by atomic mass is 10.0. The number of nitrogens with zero attached hydrogens (tertiary/aromatic N) is 2. The maximum absolute atomic E-state index is 12.9. The van der Waals surface area contributed by atoms with Crippen LogP contribution in [0, 0.1) is 6.92 Å². The van der Waals surface area contributed by atoms with Gasteiger partial charge in [0, 0.05) is 11.8 Å². The Bertz CT molecular complexity index is 956. The molecule has 0 aliphatic carbocycles. The second-order valence-electron chi connectivity index (χ2n) is 6.22. The van der Waals surface area contributed by atoms with Crippen LogP contribution in [-0.2, 0) is 16.2 Å². The lowest BCUT2D eigenvalue weighted by Gasteiger charge is -2.21. The molecule has 0 aromatic heterocycles. The molecule has 0 spiro atoms. The number of hydrazone groups is 1. The van der Waals surface area contributed by atoms with Crippen molar-refractivity contribution in [2.24, 2.45) is 5.10 Å². The summed E-state index contributed by atoms with van der Waals surface area (Å²) in [5.41, 5.74) is 1.08. The predicted molar refractivity (Wildman–Crippen MR) is 100 cm³/mol. The number of hydrogen-bond donors (Lipinski definition) is 0. The number of sulfonamides is 1. The summed E-state index contributed by atoms with van der Waals surface area (Å²) >= 11 is 3.30. The summed E-state index contributed by atoms with van der Waals surface area (Å²) < 4.78 is 65.1. The molecule has 1 unspecified atom stereocenters. The largest absolute Gasteiger partial charge is 0.416 e. The van der Waals surface area contributed by atoms with Crippen LogP contribution in [0.1, 0.15) is 23.1 Å². The molecule has 1 atom stereocenters. The summed E-state index contributed by atoms with van der Waals surface area (Å²) in [5, 5.41) is 4.58. The summed E-state index contributed by atoms with van der Waals surface area (Å²) in [7, 11) is -3.85. The van der Waals surface area contributed by atoms with Gasteiger partial charge in [0.1, 0.15) is 0 Å². The molecule has 1 heterocycles. The zero-order valence-corrected chi connectivity index (χ0v) is 16.6. The molecule has 9 heteroatoms. The molecule has 0 bridgehead atoms. The second-order valence-corrected chi connectivity index (χ2v) is 8.67. The molecule has 0 saturated carbocycles. The first-order chi connectivity index (χ1) is 12.6. The Hall–Kier alpha value is -1.87. The topological polar surface area (TPSA) is 49.7 Å². The summed E-state index contributed by atoms with van der Waals surface area (Å²) in [4.78, 5) is 0.122. The standard InChI is InChI=1S/C18H16BrF3N2O2S/c1-12-2-8-16(9-3-12)27(25,26)24-15(11-19)10-17(23-24)13-4-6-14(7-5-13)18(20,21)22/h2-9,15H,10-11H2,1H3. The Morgan fingerprint density at radius 2 is 1.70 bits per heavy atom. The highest BCUT2D eigenvalue weighted by atomic mass is 79.9. The maximum Gasteiger partial charge on any atom is 0.416 e. The van der Waals surface area contributed by atoms with E-state index in [0.29, 0.717) is 23.0 Å². The van der Waals surface area contributed by atoms with Gasteiger partial charge in [-0.05, 0) is 36.8 Å². The van der Waals surface area contributed by atoms with Crippen molar-refractivity contribution in [1.29, 1.82) is 0 Å². The first-order valence-electron chi connectivity index (χ1n) is 8.05. The van der Waals surface area contributed by atoms with Crippen molar-refractivity contribution in [1.82, 2.24) is 4.41 Å². The Morgan fingerprint density at radius 1 is 1.11 bits per heavy atom. The Morgan fingerprint density at radius 3 is 2.22 bits per heavy atom. The lowest BCUT2D eigenvalue weighted by Crippen LogP contribution is -2.33. The lowest BCUT2D eigenvalue weighted by molar-refractivity contribution is -0.137. The van der Waals surface area contributed by atoms with Gasteiger partial charge in [-0.2, -0.15) is 31.1 Å². The molecule has 2 aromatic carbocycles. The number of rotatable bonds is 4. The average molecular weight is 461 g/mol. The van der Waals surface area contributed by atoms with Crippen LogP contribution in [-0.4, -0.2) is 29.9 Å². The first-order valence-corrected chi connectivity index (χ1v) is 10.6. The predicted octanol–water partition coefficient (Wildman–Crippen LogP) is 4.58. The number of halogens is 4. The zero-order valence-electron chi connectivity index (χ0n) is 14.2. The van der Waals surface area contributed by atoms with E-state index in [1.165, 1.54) is 24.3 Å². The third-order valence-corrected chi connectivity index (χ3v) is 6.74. The third-order valence-electron chi connectivity index (χ3n) is 4.25. The molecule has 2 aromatic rings. The average Bonchev–Trinajstić information content (AvgIpc) is 3.07. The number of alkyl halides is 4. The van der Waals surface area contributed by atoms with Gasteiger partial charge in [-0.1, -0.05) is 45.8 Å². The van der Waals surface area contributed by atoms with Crippen LogP contribution in [0.5, 0.6) is 0 Å². The van der Waals surface area contributed by atoms with Gasteiger partial charge in [0.25, 0.3) is 10.0 Å². The highest BCUT2D eigenvalue weighted by molar-refractivity contribution is 9.09. The van der Waals surface area contributed by atoms with E-state index in [-0.39, 0.29) is 4.90 Å². The molecule has 0 amide bonds. The van der Waals surface area contributed by atoms with Gasteiger partial charge in [0.05, 0.1) is 22.2 Å². The summed E-state index contributed by atoms with van der Waals surface area (Å²) in [6.07, 6.45) is -4.11. The van der Waals surface area contributed by atoms with Gasteiger partial charge in [0.2, 0.25) is 0 Å². The molecular weight excluding hydrogens is 445 g/mol. The molecule has 0 radical (unpaired) electrons. The van der Waals surface area contributed by atoms with Crippen molar-refractivity contribution >= 4 is 31.7 Å². The van der Waals surface area contributed by atoms with Gasteiger partial charge in [-0.15, -0.1) is 0 Å². The van der Waals surface area contributed by atoms with Crippen LogP contribution in [0.2, 0.25) is 0 Å². The van der Waals surface area contributed by atoms with E-state index in [2.05, 4.69) is 21.0 Å². The third kappa shape index (κ3) is 4.03. The van der Waals surface area contributed by atoms with Crippen molar-refractivity contribution in [3.8, 4) is 0 Å². The van der Waals surface area contributed by atoms with Crippen LogP contribution >= 0.6 is 15.9 Å². The normalized spacial score (nSPS) is 17.9. The monoisotopic (exact) mass is 460 g/mol. The van der Waals surface area contributed by atoms with Crippen molar-refractivity contribution < 1.29 is 21.6 Å². The molecule has 3 rings (SSSR count). The van der Waals surface area contributed by atoms with Gasteiger partial charge in [-0.25, -0.2) is 0 Å². The quantitative estimate of drug-likeness (QED) is 0.627. The minimum atomic E-state index is -4.42. The minimum Gasteiger partial charge on any atom is -0.200 e. The SMILES string of the molecule is Cc1ccc(S(=O)(=O)N2N=C(c3ccc(C(F)(F)F)cc3)CC2CBr)cc1. The van der Waals surface area contributed by atoms with Gasteiger partial charge < -0.3 is 0 Å². The van der Waals surface area contributed by atoms with Crippen molar-refractivity contribution in [3.05, 3.63) is 65.2 Å². The van der Waals surface area contributed by atoms with Crippen LogP contribution in [0.3, 0.4) is 0 Å². The van der Waals surface area contributed by atoms with Crippen LogP contribution in [0.15, 0.2) is 58.5 Å². The number of hydrogen-bond acceptors (Lipinski definition) is 3. The summed E-state index contributed by atoms with van der Waals surface area (Å²) in [6, 6.07) is 10.6. The molecule has 1 aliphatic rings. The Balaban J connectivity index is 1.94. The fourth-order valence-corrected chi connectivity index (χ4v) is 4.89. The van der Waals surface area contributed by atoms with E-state index < -0.39 is 27.8 Å². The van der Waals surface area contributed by atoms with Crippen molar-refractivity contribution in [2.45, 2.75) is 30.5 Å². The smallest absolute Gasteiger partial charge is 0.200 e. The fourth-order valence-electron chi connectivity index (χ4n) is 2.75. The Kier molecular flexibility index (Phi) is 5.36.